The molecule has 4 aromatic rings. The fraction of sp³-hybridized carbons (Fsp3) is 0.192. The molecule has 0 saturated heterocycles. The first-order valence-electron chi connectivity index (χ1n) is 10.7. The van der Waals surface area contributed by atoms with Crippen molar-refractivity contribution in [2.75, 3.05) is 0 Å². The molecule has 3 aromatic carbocycles. The SMILES string of the molecule is O=C(NC1CCCc2ccccc21)c1nc(Cc2ccccc2)n(-c2ccccc2)n1. The van der Waals surface area contributed by atoms with E-state index in [2.05, 4.69) is 45.7 Å². The van der Waals surface area contributed by atoms with E-state index in [-0.39, 0.29) is 17.8 Å². The smallest absolute Gasteiger partial charge is 0.291 e. The number of nitrogens with one attached hydrogen (secondary N) is 1. The molecule has 5 nitrogen and oxygen atoms in total. The lowest BCUT2D eigenvalue weighted by Crippen LogP contribution is -2.31. The third kappa shape index (κ3) is 4.12. The first kappa shape index (κ1) is 19.2. The lowest BCUT2D eigenvalue weighted by atomic mass is 9.88. The van der Waals surface area contributed by atoms with E-state index in [4.69, 9.17) is 0 Å². The van der Waals surface area contributed by atoms with Crippen LogP contribution >= 0.6 is 0 Å². The van der Waals surface area contributed by atoms with Crippen molar-refractivity contribution < 1.29 is 4.79 Å². The zero-order chi connectivity index (χ0) is 21.0. The first-order valence-corrected chi connectivity index (χ1v) is 10.7. The van der Waals surface area contributed by atoms with Gasteiger partial charge >= 0.3 is 0 Å². The molecule has 154 valence electrons. The van der Waals surface area contributed by atoms with Gasteiger partial charge in [0.1, 0.15) is 5.82 Å². The summed E-state index contributed by atoms with van der Waals surface area (Å²) in [7, 11) is 0. The van der Waals surface area contributed by atoms with Gasteiger partial charge in [-0.15, -0.1) is 5.10 Å². The third-order valence-electron chi connectivity index (χ3n) is 5.76. The van der Waals surface area contributed by atoms with Crippen LogP contribution in [0.5, 0.6) is 0 Å². The molecule has 0 spiro atoms. The van der Waals surface area contributed by atoms with Crippen LogP contribution in [0, 0.1) is 0 Å². The van der Waals surface area contributed by atoms with Gasteiger partial charge < -0.3 is 5.32 Å². The highest BCUT2D eigenvalue weighted by molar-refractivity contribution is 5.90. The maximum Gasteiger partial charge on any atom is 0.291 e. The zero-order valence-electron chi connectivity index (χ0n) is 17.2. The van der Waals surface area contributed by atoms with Crippen molar-refractivity contribution in [3.63, 3.8) is 0 Å². The van der Waals surface area contributed by atoms with Gasteiger partial charge in [0, 0.05) is 6.42 Å². The van der Waals surface area contributed by atoms with Crippen LogP contribution in [-0.4, -0.2) is 20.7 Å². The zero-order valence-corrected chi connectivity index (χ0v) is 17.2. The van der Waals surface area contributed by atoms with Gasteiger partial charge in [-0.05, 0) is 48.1 Å². The average Bonchev–Trinajstić information content (AvgIpc) is 3.24. The van der Waals surface area contributed by atoms with Gasteiger partial charge in [0.15, 0.2) is 0 Å². The number of carbonyl (C=O) groups is 1. The monoisotopic (exact) mass is 408 g/mol. The molecule has 0 bridgehead atoms. The number of hydrogen-bond donors (Lipinski definition) is 1. The molecule has 1 aromatic heterocycles. The second-order valence-corrected chi connectivity index (χ2v) is 7.88. The van der Waals surface area contributed by atoms with Crippen LogP contribution in [0.3, 0.4) is 0 Å². The van der Waals surface area contributed by atoms with Crippen LogP contribution in [0.4, 0.5) is 0 Å². The standard InChI is InChI=1S/C26H24N4O/c31-26(27-23-17-9-13-20-12-7-8-16-22(20)23)25-28-24(18-19-10-3-1-4-11-19)30(29-25)21-14-5-2-6-15-21/h1-8,10-12,14-16,23H,9,13,17-18H2,(H,27,31). The van der Waals surface area contributed by atoms with Gasteiger partial charge in [-0.1, -0.05) is 72.8 Å². The van der Waals surface area contributed by atoms with Crippen molar-refractivity contribution in [3.8, 4) is 5.69 Å². The number of carbonyl (C=O) groups excluding carboxylic acids is 1. The van der Waals surface area contributed by atoms with Crippen LogP contribution in [0.15, 0.2) is 84.9 Å². The first-order chi connectivity index (χ1) is 15.3. The second-order valence-electron chi connectivity index (χ2n) is 7.88. The summed E-state index contributed by atoms with van der Waals surface area (Å²) < 4.78 is 1.77. The molecule has 31 heavy (non-hydrogen) atoms. The fourth-order valence-corrected chi connectivity index (χ4v) is 4.24. The van der Waals surface area contributed by atoms with Crippen LogP contribution in [0.2, 0.25) is 0 Å². The molecular weight excluding hydrogens is 384 g/mol. The van der Waals surface area contributed by atoms with Crippen molar-refractivity contribution in [2.24, 2.45) is 0 Å². The van der Waals surface area contributed by atoms with Crippen LogP contribution < -0.4 is 5.32 Å². The summed E-state index contributed by atoms with van der Waals surface area (Å²) >= 11 is 0. The van der Waals surface area contributed by atoms with Gasteiger partial charge in [0.05, 0.1) is 11.7 Å². The molecule has 1 atom stereocenters. The molecule has 1 unspecified atom stereocenters. The van der Waals surface area contributed by atoms with E-state index < -0.39 is 0 Å². The Balaban J connectivity index is 1.45. The highest BCUT2D eigenvalue weighted by Crippen LogP contribution is 2.29. The number of benzene rings is 3. The molecular formula is C26H24N4O. The van der Waals surface area contributed by atoms with E-state index in [0.29, 0.717) is 6.42 Å². The molecule has 0 fully saturated rings. The third-order valence-corrected chi connectivity index (χ3v) is 5.76. The van der Waals surface area contributed by atoms with Gasteiger partial charge in [0.25, 0.3) is 5.91 Å². The van der Waals surface area contributed by atoms with Gasteiger partial charge in [0.2, 0.25) is 5.82 Å². The molecule has 1 aliphatic carbocycles. The molecule has 1 aliphatic rings. The summed E-state index contributed by atoms with van der Waals surface area (Å²) in [5.41, 5.74) is 4.53. The summed E-state index contributed by atoms with van der Waals surface area (Å²) in [5.74, 6) is 0.718. The molecule has 1 N–H and O–H groups in total. The van der Waals surface area contributed by atoms with Crippen molar-refractivity contribution in [1.82, 2.24) is 20.1 Å². The molecule has 0 saturated carbocycles. The quantitative estimate of drug-likeness (QED) is 0.522. The Labute approximate surface area is 181 Å². The van der Waals surface area contributed by atoms with Gasteiger partial charge in [-0.25, -0.2) is 9.67 Å². The largest absolute Gasteiger partial charge is 0.342 e. The highest BCUT2D eigenvalue weighted by atomic mass is 16.2. The molecule has 5 heteroatoms. The molecule has 0 radical (unpaired) electrons. The van der Waals surface area contributed by atoms with Crippen LogP contribution in [-0.2, 0) is 12.8 Å². The van der Waals surface area contributed by atoms with Crippen molar-refractivity contribution in [1.29, 1.82) is 0 Å². The summed E-state index contributed by atoms with van der Waals surface area (Å²) in [5, 5.41) is 7.76. The Kier molecular flexibility index (Phi) is 5.31. The number of hydrogen-bond acceptors (Lipinski definition) is 3. The number of nitrogens with zero attached hydrogens (tertiary/aromatic N) is 3. The Bertz CT molecular complexity index is 1180. The predicted molar refractivity (Wildman–Crippen MR) is 120 cm³/mol. The molecule has 1 amide bonds. The van der Waals surface area contributed by atoms with E-state index in [0.717, 1.165) is 36.3 Å². The Morgan fingerprint density at radius 1 is 0.935 bits per heavy atom. The topological polar surface area (TPSA) is 59.8 Å². The van der Waals surface area contributed by atoms with Crippen molar-refractivity contribution in [3.05, 3.63) is 113 Å². The number of rotatable bonds is 5. The summed E-state index contributed by atoms with van der Waals surface area (Å²) in [4.78, 5) is 17.8. The molecule has 1 heterocycles. The summed E-state index contributed by atoms with van der Waals surface area (Å²) in [6.45, 7) is 0. The number of aromatic nitrogens is 3. The summed E-state index contributed by atoms with van der Waals surface area (Å²) in [6, 6.07) is 28.3. The van der Waals surface area contributed by atoms with Crippen LogP contribution in [0.1, 0.15) is 52.0 Å². The second kappa shape index (κ2) is 8.56. The Morgan fingerprint density at radius 3 is 2.45 bits per heavy atom. The maximum atomic E-state index is 13.1. The van der Waals surface area contributed by atoms with E-state index >= 15 is 0 Å². The Morgan fingerprint density at radius 2 is 1.65 bits per heavy atom. The maximum absolute atomic E-state index is 13.1. The van der Waals surface area contributed by atoms with Gasteiger partial charge in [-0.3, -0.25) is 4.79 Å². The van der Waals surface area contributed by atoms with E-state index in [9.17, 15) is 4.79 Å². The minimum absolute atomic E-state index is 0.00120. The number of amides is 1. The summed E-state index contributed by atoms with van der Waals surface area (Å²) in [6.07, 6.45) is 3.65. The lowest BCUT2D eigenvalue weighted by Gasteiger charge is -2.25. The molecule has 5 rings (SSSR count). The minimum atomic E-state index is -0.231. The Hall–Kier alpha value is -3.73. The van der Waals surface area contributed by atoms with Crippen molar-refractivity contribution in [2.45, 2.75) is 31.7 Å². The lowest BCUT2D eigenvalue weighted by molar-refractivity contribution is 0.0922. The van der Waals surface area contributed by atoms with E-state index in [1.165, 1.54) is 11.1 Å². The van der Waals surface area contributed by atoms with E-state index in [1.54, 1.807) is 4.68 Å². The van der Waals surface area contributed by atoms with E-state index in [1.807, 2.05) is 54.6 Å². The predicted octanol–water partition coefficient (Wildman–Crippen LogP) is 4.67. The minimum Gasteiger partial charge on any atom is -0.342 e. The number of aryl methyl sites for hydroxylation is 1. The van der Waals surface area contributed by atoms with Gasteiger partial charge in [-0.2, -0.15) is 0 Å². The number of fused-ring (bicyclic) bond motifs is 1. The van der Waals surface area contributed by atoms with Crippen molar-refractivity contribution >= 4 is 5.91 Å². The normalized spacial score (nSPS) is 15.3. The number of para-hydroxylation sites is 1. The molecule has 0 aliphatic heterocycles. The van der Waals surface area contributed by atoms with Crippen LogP contribution in [0.25, 0.3) is 5.69 Å². The fourth-order valence-electron chi connectivity index (χ4n) is 4.24. The highest BCUT2D eigenvalue weighted by Gasteiger charge is 2.24. The average molecular weight is 409 g/mol.